The zero-order valence-electron chi connectivity index (χ0n) is 10.8. The van der Waals surface area contributed by atoms with Crippen LogP contribution in [0.5, 0.6) is 0 Å². The average Bonchev–Trinajstić information content (AvgIpc) is 2.35. The lowest BCUT2D eigenvalue weighted by molar-refractivity contribution is 0.0722. The maximum absolute atomic E-state index is 13.3. The number of hydrogen-bond acceptors (Lipinski definition) is 2. The summed E-state index contributed by atoms with van der Waals surface area (Å²) in [4.78, 5) is 13.6. The lowest BCUT2D eigenvalue weighted by Gasteiger charge is -2.26. The van der Waals surface area contributed by atoms with Gasteiger partial charge < -0.3 is 10.6 Å². The Balaban J connectivity index is 3.04. The van der Waals surface area contributed by atoms with E-state index in [1.54, 1.807) is 7.05 Å². The Morgan fingerprint density at radius 1 is 1.28 bits per heavy atom. The molecule has 3 nitrogen and oxygen atoms in total. The molecule has 0 atom stereocenters. The lowest BCUT2D eigenvalue weighted by atomic mass is 10.1. The van der Waals surface area contributed by atoms with Gasteiger partial charge in [0.2, 0.25) is 0 Å². The van der Waals surface area contributed by atoms with E-state index in [0.717, 1.165) is 25.0 Å². The largest absolute Gasteiger partial charge is 0.394 e. The number of hydrogen-bond donors (Lipinski definition) is 1. The van der Waals surface area contributed by atoms with Crippen LogP contribution in [0.3, 0.4) is 0 Å². The third-order valence-corrected chi connectivity index (χ3v) is 3.14. The van der Waals surface area contributed by atoms with E-state index < -0.39 is 23.2 Å². The van der Waals surface area contributed by atoms with E-state index >= 15 is 0 Å². The maximum atomic E-state index is 13.3. The van der Waals surface area contributed by atoms with E-state index in [1.807, 2.05) is 13.8 Å². The van der Waals surface area contributed by atoms with Gasteiger partial charge in [0.1, 0.15) is 17.3 Å². The minimum absolute atomic E-state index is 0.0198. The summed E-state index contributed by atoms with van der Waals surface area (Å²) in [5, 5.41) is 0. The molecule has 1 rings (SSSR count). The molecular weight excluding hydrogens is 238 g/mol. The van der Waals surface area contributed by atoms with E-state index in [9.17, 15) is 13.6 Å². The van der Waals surface area contributed by atoms with Crippen molar-refractivity contribution in [3.8, 4) is 0 Å². The van der Waals surface area contributed by atoms with E-state index in [1.165, 1.54) is 4.90 Å². The summed E-state index contributed by atoms with van der Waals surface area (Å²) < 4.78 is 26.6. The fourth-order valence-electron chi connectivity index (χ4n) is 1.91. The molecule has 0 aliphatic heterocycles. The van der Waals surface area contributed by atoms with Crippen LogP contribution in [0.2, 0.25) is 0 Å². The van der Waals surface area contributed by atoms with Crippen LogP contribution in [-0.4, -0.2) is 23.9 Å². The van der Waals surface area contributed by atoms with Crippen LogP contribution >= 0.6 is 0 Å². The van der Waals surface area contributed by atoms with Gasteiger partial charge in [-0.3, -0.25) is 4.79 Å². The molecule has 0 saturated carbocycles. The molecule has 0 unspecified atom stereocenters. The number of amides is 1. The highest BCUT2D eigenvalue weighted by molar-refractivity contribution is 5.94. The van der Waals surface area contributed by atoms with Crippen molar-refractivity contribution in [2.45, 2.75) is 32.7 Å². The third kappa shape index (κ3) is 2.78. The highest BCUT2D eigenvalue weighted by Gasteiger charge is 2.20. The number of carbonyl (C=O) groups is 1. The highest BCUT2D eigenvalue weighted by Crippen LogP contribution is 2.19. The highest BCUT2D eigenvalue weighted by atomic mass is 19.1. The van der Waals surface area contributed by atoms with Gasteiger partial charge in [-0.15, -0.1) is 0 Å². The molecule has 18 heavy (non-hydrogen) atoms. The van der Waals surface area contributed by atoms with Gasteiger partial charge in [0.15, 0.2) is 0 Å². The fourth-order valence-corrected chi connectivity index (χ4v) is 1.91. The van der Waals surface area contributed by atoms with Gasteiger partial charge in [-0.25, -0.2) is 8.78 Å². The monoisotopic (exact) mass is 256 g/mol. The van der Waals surface area contributed by atoms with Crippen LogP contribution in [0.25, 0.3) is 0 Å². The van der Waals surface area contributed by atoms with Crippen LogP contribution in [-0.2, 0) is 0 Å². The van der Waals surface area contributed by atoms with Gasteiger partial charge in [-0.1, -0.05) is 13.8 Å². The molecule has 0 aliphatic rings. The van der Waals surface area contributed by atoms with Crippen molar-refractivity contribution < 1.29 is 13.6 Å². The lowest BCUT2D eigenvalue weighted by Crippen LogP contribution is -2.36. The van der Waals surface area contributed by atoms with Gasteiger partial charge in [-0.2, -0.15) is 0 Å². The molecule has 1 aromatic rings. The number of nitrogen functional groups attached to an aromatic ring is 1. The second-order valence-corrected chi connectivity index (χ2v) is 4.24. The van der Waals surface area contributed by atoms with Crippen molar-refractivity contribution in [1.29, 1.82) is 0 Å². The number of halogens is 2. The van der Waals surface area contributed by atoms with Gasteiger partial charge >= 0.3 is 0 Å². The van der Waals surface area contributed by atoms with E-state index in [0.29, 0.717) is 0 Å². The molecule has 2 N–H and O–H groups in total. The predicted molar refractivity (Wildman–Crippen MR) is 67.2 cm³/mol. The van der Waals surface area contributed by atoms with Crippen LogP contribution in [0.4, 0.5) is 14.5 Å². The smallest absolute Gasteiger partial charge is 0.254 e. The number of anilines is 1. The van der Waals surface area contributed by atoms with E-state index in [4.69, 9.17) is 5.73 Å². The number of rotatable bonds is 4. The summed E-state index contributed by atoms with van der Waals surface area (Å²) in [6.45, 7) is 3.92. The fraction of sp³-hybridized carbons (Fsp3) is 0.462. The Kier molecular flexibility index (Phi) is 4.64. The van der Waals surface area contributed by atoms with E-state index in [-0.39, 0.29) is 11.6 Å². The van der Waals surface area contributed by atoms with Crippen molar-refractivity contribution in [2.75, 3.05) is 12.8 Å². The van der Waals surface area contributed by atoms with Crippen molar-refractivity contribution >= 4 is 11.6 Å². The van der Waals surface area contributed by atoms with Crippen LogP contribution in [0.15, 0.2) is 12.1 Å². The Bertz CT molecular complexity index is 422. The number of nitrogens with zero attached hydrogens (tertiary/aromatic N) is 1. The molecule has 0 bridgehead atoms. The quantitative estimate of drug-likeness (QED) is 0.842. The minimum atomic E-state index is -0.906. The molecule has 100 valence electrons. The number of nitrogens with two attached hydrogens (primary N) is 1. The van der Waals surface area contributed by atoms with Gasteiger partial charge in [0, 0.05) is 18.7 Å². The first-order valence-corrected chi connectivity index (χ1v) is 5.94. The maximum Gasteiger partial charge on any atom is 0.254 e. The zero-order valence-corrected chi connectivity index (χ0v) is 10.8. The van der Waals surface area contributed by atoms with Gasteiger partial charge in [0.25, 0.3) is 5.91 Å². The Hall–Kier alpha value is -1.65. The van der Waals surface area contributed by atoms with Gasteiger partial charge in [-0.05, 0) is 25.0 Å². The second-order valence-electron chi connectivity index (χ2n) is 4.24. The van der Waals surface area contributed by atoms with Crippen molar-refractivity contribution in [1.82, 2.24) is 4.90 Å². The topological polar surface area (TPSA) is 46.3 Å². The molecule has 1 aromatic carbocycles. The number of benzene rings is 1. The molecule has 0 saturated heterocycles. The normalized spacial score (nSPS) is 10.8. The van der Waals surface area contributed by atoms with Crippen molar-refractivity contribution in [3.05, 3.63) is 29.3 Å². The zero-order chi connectivity index (χ0) is 13.9. The molecule has 0 aliphatic carbocycles. The molecule has 0 spiro atoms. The first-order valence-electron chi connectivity index (χ1n) is 5.94. The summed E-state index contributed by atoms with van der Waals surface area (Å²) in [6.07, 6.45) is 1.58. The summed E-state index contributed by atoms with van der Waals surface area (Å²) in [7, 11) is 1.63. The standard InChI is InChI=1S/C13H18F2N2O/c1-4-9(5-2)17(3)13(18)8-6-10(14)12(16)11(15)7-8/h6-7,9H,4-5,16H2,1-3H3. The van der Waals surface area contributed by atoms with Crippen LogP contribution in [0, 0.1) is 11.6 Å². The molecule has 0 aromatic heterocycles. The molecule has 0 heterocycles. The SMILES string of the molecule is CCC(CC)N(C)C(=O)c1cc(F)c(N)c(F)c1. The van der Waals surface area contributed by atoms with Gasteiger partial charge in [0.05, 0.1) is 0 Å². The molecule has 1 amide bonds. The van der Waals surface area contributed by atoms with Crippen molar-refractivity contribution in [3.63, 3.8) is 0 Å². The predicted octanol–water partition coefficient (Wildman–Crippen LogP) is 2.81. The Morgan fingerprint density at radius 3 is 2.11 bits per heavy atom. The average molecular weight is 256 g/mol. The number of carbonyl (C=O) groups excluding carboxylic acids is 1. The first kappa shape index (κ1) is 14.4. The molecule has 0 fully saturated rings. The third-order valence-electron chi connectivity index (χ3n) is 3.14. The Labute approximate surface area is 106 Å². The molecular formula is C13H18F2N2O. The first-order chi connectivity index (χ1) is 8.42. The van der Waals surface area contributed by atoms with Crippen molar-refractivity contribution in [2.24, 2.45) is 0 Å². The minimum Gasteiger partial charge on any atom is -0.394 e. The summed E-state index contributed by atoms with van der Waals surface area (Å²) in [5.41, 5.74) is 4.59. The summed E-state index contributed by atoms with van der Waals surface area (Å²) >= 11 is 0. The second kappa shape index (κ2) is 5.80. The van der Waals surface area contributed by atoms with Crippen LogP contribution in [0.1, 0.15) is 37.0 Å². The summed E-state index contributed by atoms with van der Waals surface area (Å²) in [6, 6.07) is 2.00. The van der Waals surface area contributed by atoms with Crippen LogP contribution < -0.4 is 5.73 Å². The summed E-state index contributed by atoms with van der Waals surface area (Å²) in [5.74, 6) is -2.21. The molecule has 0 radical (unpaired) electrons. The van der Waals surface area contributed by atoms with E-state index in [2.05, 4.69) is 0 Å². The molecule has 5 heteroatoms. The Morgan fingerprint density at radius 2 is 1.72 bits per heavy atom.